The highest BCUT2D eigenvalue weighted by Gasteiger charge is 2.26. The van der Waals surface area contributed by atoms with Crippen LogP contribution < -0.4 is 5.32 Å². The summed E-state index contributed by atoms with van der Waals surface area (Å²) in [4.78, 5) is 15.9. The van der Waals surface area contributed by atoms with E-state index in [0.29, 0.717) is 11.2 Å². The molecule has 88 valence electrons. The summed E-state index contributed by atoms with van der Waals surface area (Å²) in [6.45, 7) is 0. The van der Waals surface area contributed by atoms with Gasteiger partial charge in [0.1, 0.15) is 0 Å². The summed E-state index contributed by atoms with van der Waals surface area (Å²) >= 11 is 1.45. The Bertz CT molecular complexity index is 332. The van der Waals surface area contributed by atoms with Gasteiger partial charge in [0.15, 0.2) is 5.13 Å². The van der Waals surface area contributed by atoms with Gasteiger partial charge in [-0.2, -0.15) is 0 Å². The van der Waals surface area contributed by atoms with Crippen molar-refractivity contribution in [1.29, 1.82) is 0 Å². The molecule has 0 bridgehead atoms. The van der Waals surface area contributed by atoms with E-state index in [9.17, 15) is 4.79 Å². The highest BCUT2D eigenvalue weighted by molar-refractivity contribution is 7.13. The van der Waals surface area contributed by atoms with Crippen LogP contribution in [-0.2, 0) is 9.53 Å². The molecule has 0 saturated heterocycles. The number of thiazole rings is 1. The van der Waals surface area contributed by atoms with E-state index in [1.54, 1.807) is 13.3 Å². The molecular weight excluding hydrogens is 224 g/mol. The fraction of sp³-hybridized carbons (Fsp3) is 0.636. The molecule has 0 spiro atoms. The Kier molecular flexibility index (Phi) is 3.90. The van der Waals surface area contributed by atoms with Crippen LogP contribution in [-0.4, -0.2) is 24.1 Å². The maximum atomic E-state index is 11.9. The SMILES string of the molecule is COC1CCC(C(=O)Nc2nccs2)CC1. The van der Waals surface area contributed by atoms with Gasteiger partial charge in [0.2, 0.25) is 5.91 Å². The van der Waals surface area contributed by atoms with Crippen LogP contribution in [0.5, 0.6) is 0 Å². The number of rotatable bonds is 3. The molecule has 1 amide bonds. The number of amides is 1. The van der Waals surface area contributed by atoms with Crippen molar-refractivity contribution in [3.63, 3.8) is 0 Å². The van der Waals surface area contributed by atoms with E-state index in [0.717, 1.165) is 25.7 Å². The van der Waals surface area contributed by atoms with Crippen LogP contribution in [0.4, 0.5) is 5.13 Å². The second-order valence-electron chi connectivity index (χ2n) is 4.04. The van der Waals surface area contributed by atoms with Gasteiger partial charge in [-0.1, -0.05) is 0 Å². The summed E-state index contributed by atoms with van der Waals surface area (Å²) in [5, 5.41) is 5.40. The summed E-state index contributed by atoms with van der Waals surface area (Å²) < 4.78 is 5.28. The molecule has 16 heavy (non-hydrogen) atoms. The van der Waals surface area contributed by atoms with Crippen LogP contribution in [0.15, 0.2) is 11.6 Å². The van der Waals surface area contributed by atoms with E-state index in [4.69, 9.17) is 4.74 Å². The lowest BCUT2D eigenvalue weighted by atomic mass is 9.87. The minimum atomic E-state index is 0.101. The zero-order chi connectivity index (χ0) is 11.4. The van der Waals surface area contributed by atoms with E-state index < -0.39 is 0 Å². The highest BCUT2D eigenvalue weighted by Crippen LogP contribution is 2.27. The van der Waals surface area contributed by atoms with Crippen LogP contribution in [0.2, 0.25) is 0 Å². The number of nitrogens with zero attached hydrogens (tertiary/aromatic N) is 1. The molecule has 1 aromatic rings. The average Bonchev–Trinajstić information content (AvgIpc) is 2.82. The summed E-state index contributed by atoms with van der Waals surface area (Å²) in [6.07, 6.45) is 5.82. The summed E-state index contributed by atoms with van der Waals surface area (Å²) in [5.74, 6) is 0.222. The van der Waals surface area contributed by atoms with Crippen molar-refractivity contribution in [3.05, 3.63) is 11.6 Å². The molecule has 1 saturated carbocycles. The fourth-order valence-corrected chi connectivity index (χ4v) is 2.59. The first-order valence-corrected chi connectivity index (χ1v) is 6.40. The molecule has 1 N–H and O–H groups in total. The van der Waals surface area contributed by atoms with Gasteiger partial charge < -0.3 is 10.1 Å². The smallest absolute Gasteiger partial charge is 0.229 e. The summed E-state index contributed by atoms with van der Waals surface area (Å²) in [5.41, 5.74) is 0. The van der Waals surface area contributed by atoms with Gasteiger partial charge in [0.25, 0.3) is 0 Å². The number of nitrogens with one attached hydrogen (secondary N) is 1. The molecule has 1 heterocycles. The van der Waals surface area contributed by atoms with Gasteiger partial charge in [-0.05, 0) is 25.7 Å². The Morgan fingerprint density at radius 2 is 2.25 bits per heavy atom. The monoisotopic (exact) mass is 240 g/mol. The van der Waals surface area contributed by atoms with Gasteiger partial charge in [-0.3, -0.25) is 4.79 Å². The lowest BCUT2D eigenvalue weighted by Gasteiger charge is -2.26. The predicted octanol–water partition coefficient (Wildman–Crippen LogP) is 2.29. The molecule has 4 nitrogen and oxygen atoms in total. The third kappa shape index (κ3) is 2.80. The van der Waals surface area contributed by atoms with Crippen molar-refractivity contribution in [1.82, 2.24) is 4.98 Å². The number of methoxy groups -OCH3 is 1. The maximum absolute atomic E-state index is 11.9. The number of aromatic nitrogens is 1. The molecule has 2 rings (SSSR count). The number of carbonyl (C=O) groups excluding carboxylic acids is 1. The van der Waals surface area contributed by atoms with Crippen LogP contribution in [0, 0.1) is 5.92 Å². The topological polar surface area (TPSA) is 51.2 Å². The lowest BCUT2D eigenvalue weighted by Crippen LogP contribution is -2.29. The Balaban J connectivity index is 1.82. The van der Waals surface area contributed by atoms with Crippen LogP contribution in [0.1, 0.15) is 25.7 Å². The van der Waals surface area contributed by atoms with Crippen LogP contribution >= 0.6 is 11.3 Å². The number of hydrogen-bond donors (Lipinski definition) is 1. The third-order valence-electron chi connectivity index (χ3n) is 3.04. The quantitative estimate of drug-likeness (QED) is 0.882. The minimum absolute atomic E-state index is 0.101. The third-order valence-corrected chi connectivity index (χ3v) is 3.73. The van der Waals surface area contributed by atoms with Crippen molar-refractivity contribution in [2.24, 2.45) is 5.92 Å². The molecule has 0 radical (unpaired) electrons. The van der Waals surface area contributed by atoms with Crippen LogP contribution in [0.25, 0.3) is 0 Å². The zero-order valence-electron chi connectivity index (χ0n) is 9.31. The first-order chi connectivity index (χ1) is 7.79. The molecule has 0 aliphatic heterocycles. The summed E-state index contributed by atoms with van der Waals surface area (Å²) in [6, 6.07) is 0. The van der Waals surface area contributed by atoms with Crippen molar-refractivity contribution >= 4 is 22.4 Å². The number of hydrogen-bond acceptors (Lipinski definition) is 4. The van der Waals surface area contributed by atoms with Crippen molar-refractivity contribution in [2.75, 3.05) is 12.4 Å². The fourth-order valence-electron chi connectivity index (χ4n) is 2.05. The molecule has 0 unspecified atom stereocenters. The number of ether oxygens (including phenoxy) is 1. The molecule has 0 atom stereocenters. The van der Waals surface area contributed by atoms with Gasteiger partial charge in [-0.15, -0.1) is 11.3 Å². The van der Waals surface area contributed by atoms with Gasteiger partial charge in [0, 0.05) is 24.6 Å². The minimum Gasteiger partial charge on any atom is -0.381 e. The second kappa shape index (κ2) is 5.41. The van der Waals surface area contributed by atoms with Crippen molar-refractivity contribution < 1.29 is 9.53 Å². The van der Waals surface area contributed by atoms with Gasteiger partial charge in [0.05, 0.1) is 6.10 Å². The summed E-state index contributed by atoms with van der Waals surface area (Å²) in [7, 11) is 1.74. The van der Waals surface area contributed by atoms with E-state index in [1.807, 2.05) is 5.38 Å². The van der Waals surface area contributed by atoms with E-state index >= 15 is 0 Å². The number of anilines is 1. The Morgan fingerprint density at radius 3 is 2.81 bits per heavy atom. The Hall–Kier alpha value is -0.940. The molecule has 1 fully saturated rings. The van der Waals surface area contributed by atoms with E-state index in [2.05, 4.69) is 10.3 Å². The zero-order valence-corrected chi connectivity index (χ0v) is 10.1. The molecule has 1 aromatic heterocycles. The molecule has 0 aromatic carbocycles. The standard InChI is InChI=1S/C11H16N2O2S/c1-15-9-4-2-8(3-5-9)10(14)13-11-12-6-7-16-11/h6-9H,2-5H2,1H3,(H,12,13,14). The average molecular weight is 240 g/mol. The van der Waals surface area contributed by atoms with Crippen molar-refractivity contribution in [2.45, 2.75) is 31.8 Å². The maximum Gasteiger partial charge on any atom is 0.229 e. The molecule has 5 heteroatoms. The van der Waals surface area contributed by atoms with E-state index in [1.165, 1.54) is 11.3 Å². The largest absolute Gasteiger partial charge is 0.381 e. The second-order valence-corrected chi connectivity index (χ2v) is 4.93. The van der Waals surface area contributed by atoms with Gasteiger partial charge >= 0.3 is 0 Å². The Morgan fingerprint density at radius 1 is 1.50 bits per heavy atom. The normalized spacial score (nSPS) is 25.3. The van der Waals surface area contributed by atoms with Crippen LogP contribution in [0.3, 0.4) is 0 Å². The Labute approximate surface area is 99.0 Å². The van der Waals surface area contributed by atoms with Crippen molar-refractivity contribution in [3.8, 4) is 0 Å². The first-order valence-electron chi connectivity index (χ1n) is 5.52. The first kappa shape index (κ1) is 11.5. The predicted molar refractivity (Wildman–Crippen MR) is 63.5 cm³/mol. The van der Waals surface area contributed by atoms with Gasteiger partial charge in [-0.25, -0.2) is 4.98 Å². The lowest BCUT2D eigenvalue weighted by molar-refractivity contribution is -0.121. The molecule has 1 aliphatic carbocycles. The molecule has 1 aliphatic rings. The molecular formula is C11H16N2O2S. The number of carbonyl (C=O) groups is 1. The van der Waals surface area contributed by atoms with E-state index in [-0.39, 0.29) is 11.8 Å². The highest BCUT2D eigenvalue weighted by atomic mass is 32.1.